The van der Waals surface area contributed by atoms with E-state index in [4.69, 9.17) is 4.74 Å². The Kier molecular flexibility index (Phi) is 7.21. The van der Waals surface area contributed by atoms with Gasteiger partial charge in [0.1, 0.15) is 18.5 Å². The van der Waals surface area contributed by atoms with Crippen molar-refractivity contribution in [1.82, 2.24) is 0 Å². The van der Waals surface area contributed by atoms with Crippen LogP contribution in [0.4, 0.5) is 10.1 Å². The number of quaternary nitrogens is 1. The fourth-order valence-corrected chi connectivity index (χ4v) is 3.67. The number of nitrogens with zero attached hydrogens (tertiary/aromatic N) is 1. The summed E-state index contributed by atoms with van der Waals surface area (Å²) in [5.74, 6) is -0.202. The monoisotopic (exact) mass is 373 g/mol. The molecule has 1 heterocycles. The molecule has 0 amide bonds. The van der Waals surface area contributed by atoms with Gasteiger partial charge in [0.05, 0.1) is 38.9 Å². The van der Waals surface area contributed by atoms with Gasteiger partial charge < -0.3 is 19.6 Å². The third kappa shape index (κ3) is 5.76. The first-order chi connectivity index (χ1) is 13.2. The van der Waals surface area contributed by atoms with Crippen LogP contribution in [0.3, 0.4) is 0 Å². The molecule has 27 heavy (non-hydrogen) atoms. The van der Waals surface area contributed by atoms with Gasteiger partial charge in [-0.2, -0.15) is 0 Å². The zero-order valence-corrected chi connectivity index (χ0v) is 16.0. The van der Waals surface area contributed by atoms with Crippen LogP contribution in [0.2, 0.25) is 0 Å². The summed E-state index contributed by atoms with van der Waals surface area (Å²) in [5, 5.41) is 10.4. The normalized spacial score (nSPS) is 17.7. The van der Waals surface area contributed by atoms with Crippen LogP contribution in [-0.4, -0.2) is 50.5 Å². The van der Waals surface area contributed by atoms with Crippen molar-refractivity contribution in [3.63, 3.8) is 0 Å². The van der Waals surface area contributed by atoms with Gasteiger partial charge in [0.2, 0.25) is 0 Å². The molecule has 1 aliphatic rings. The predicted molar refractivity (Wildman–Crippen MR) is 106 cm³/mol. The highest BCUT2D eigenvalue weighted by atomic mass is 19.1. The molecule has 0 bridgehead atoms. The maximum Gasteiger partial charge on any atom is 0.126 e. The van der Waals surface area contributed by atoms with Crippen LogP contribution in [0.15, 0.2) is 54.6 Å². The topological polar surface area (TPSA) is 37.1 Å². The molecule has 0 spiro atoms. The van der Waals surface area contributed by atoms with Gasteiger partial charge in [0.15, 0.2) is 0 Å². The number of rotatable bonds is 8. The Labute approximate surface area is 161 Å². The van der Waals surface area contributed by atoms with E-state index in [9.17, 15) is 9.50 Å². The molecule has 2 atom stereocenters. The number of aliphatic hydroxyl groups is 1. The van der Waals surface area contributed by atoms with Crippen LogP contribution in [0.25, 0.3) is 0 Å². The first-order valence-corrected chi connectivity index (χ1v) is 9.84. The second-order valence-electron chi connectivity index (χ2n) is 7.21. The molecule has 2 aromatic carbocycles. The molecule has 5 heteroatoms. The first kappa shape index (κ1) is 19.8. The molecule has 146 valence electrons. The largest absolute Gasteiger partial charge is 0.385 e. The summed E-state index contributed by atoms with van der Waals surface area (Å²) in [5.41, 5.74) is 2.22. The summed E-state index contributed by atoms with van der Waals surface area (Å²) in [7, 11) is 0. The zero-order chi connectivity index (χ0) is 19.1. The molecular weight excluding hydrogens is 343 g/mol. The molecule has 1 saturated heterocycles. The lowest BCUT2D eigenvalue weighted by Crippen LogP contribution is -3.16. The van der Waals surface area contributed by atoms with Crippen LogP contribution in [0.1, 0.15) is 25.0 Å². The highest BCUT2D eigenvalue weighted by molar-refractivity contribution is 5.46. The summed E-state index contributed by atoms with van der Waals surface area (Å²) >= 11 is 0. The van der Waals surface area contributed by atoms with Gasteiger partial charge in [0.25, 0.3) is 0 Å². The van der Waals surface area contributed by atoms with Crippen molar-refractivity contribution in [2.45, 2.75) is 25.6 Å². The van der Waals surface area contributed by atoms with Crippen molar-refractivity contribution < 1.29 is 19.1 Å². The van der Waals surface area contributed by atoms with E-state index in [0.717, 1.165) is 43.9 Å². The number of benzene rings is 2. The number of nitrogens with one attached hydrogen (secondary N) is 1. The number of hydrogen-bond donors (Lipinski definition) is 2. The summed E-state index contributed by atoms with van der Waals surface area (Å²) in [6.45, 7) is 6.91. The number of anilines is 1. The van der Waals surface area contributed by atoms with Crippen molar-refractivity contribution in [3.05, 3.63) is 66.0 Å². The van der Waals surface area contributed by atoms with Crippen LogP contribution >= 0.6 is 0 Å². The Morgan fingerprint density at radius 2 is 1.74 bits per heavy atom. The van der Waals surface area contributed by atoms with Crippen molar-refractivity contribution in [2.75, 3.05) is 44.2 Å². The average molecular weight is 373 g/mol. The molecule has 1 aliphatic heterocycles. The lowest BCUT2D eigenvalue weighted by Gasteiger charge is -2.34. The van der Waals surface area contributed by atoms with E-state index in [1.807, 2.05) is 30.3 Å². The molecule has 1 fully saturated rings. The second-order valence-corrected chi connectivity index (χ2v) is 7.21. The van der Waals surface area contributed by atoms with Crippen LogP contribution in [0, 0.1) is 5.82 Å². The average Bonchev–Trinajstić information content (AvgIpc) is 2.70. The lowest BCUT2D eigenvalue weighted by molar-refractivity contribution is -0.903. The van der Waals surface area contributed by atoms with E-state index in [1.54, 1.807) is 0 Å². The molecule has 2 aromatic rings. The molecule has 2 N–H and O–H groups in total. The molecule has 0 aliphatic carbocycles. The lowest BCUT2D eigenvalue weighted by atomic mass is 10.1. The molecule has 0 radical (unpaired) electrons. The number of hydrogen-bond acceptors (Lipinski definition) is 3. The van der Waals surface area contributed by atoms with Gasteiger partial charge in [0, 0.05) is 5.69 Å². The Hall–Kier alpha value is -1.95. The van der Waals surface area contributed by atoms with Crippen molar-refractivity contribution in [2.24, 2.45) is 0 Å². The third-order valence-electron chi connectivity index (χ3n) is 5.22. The fourth-order valence-electron chi connectivity index (χ4n) is 3.67. The maximum absolute atomic E-state index is 13.1. The first-order valence-electron chi connectivity index (χ1n) is 9.84. The van der Waals surface area contributed by atoms with Gasteiger partial charge in [-0.3, -0.25) is 0 Å². The van der Waals surface area contributed by atoms with E-state index >= 15 is 0 Å². The van der Waals surface area contributed by atoms with E-state index < -0.39 is 6.10 Å². The smallest absolute Gasteiger partial charge is 0.126 e. The minimum Gasteiger partial charge on any atom is -0.385 e. The molecule has 0 aromatic heterocycles. The van der Waals surface area contributed by atoms with Crippen LogP contribution in [-0.2, 0) is 4.74 Å². The van der Waals surface area contributed by atoms with Gasteiger partial charge in [-0.25, -0.2) is 4.39 Å². The highest BCUT2D eigenvalue weighted by Gasteiger charge is 2.23. The molecule has 0 saturated carbocycles. The van der Waals surface area contributed by atoms with E-state index in [2.05, 4.69) is 24.0 Å². The standard InChI is InChI=1S/C22H29FN2O2/c1-2-22(18-6-4-3-5-7-18)27-17-21(26)16-24-12-14-25(15-13-24)20-10-8-19(23)9-11-20/h3-11,21-22,26H,2,12-17H2,1H3/p+1/t21-,22-/m0/s1. The van der Waals surface area contributed by atoms with Crippen molar-refractivity contribution in [1.29, 1.82) is 0 Å². The summed E-state index contributed by atoms with van der Waals surface area (Å²) in [4.78, 5) is 3.66. The third-order valence-corrected chi connectivity index (χ3v) is 5.22. The van der Waals surface area contributed by atoms with Gasteiger partial charge >= 0.3 is 0 Å². The Morgan fingerprint density at radius 1 is 1.07 bits per heavy atom. The fraction of sp³-hybridized carbons (Fsp3) is 0.455. The van der Waals surface area contributed by atoms with Gasteiger partial charge in [-0.1, -0.05) is 37.3 Å². The molecule has 3 rings (SSSR count). The molecule has 0 unspecified atom stereocenters. The van der Waals surface area contributed by atoms with Gasteiger partial charge in [-0.15, -0.1) is 0 Å². The Morgan fingerprint density at radius 3 is 2.37 bits per heavy atom. The van der Waals surface area contributed by atoms with Crippen molar-refractivity contribution >= 4 is 5.69 Å². The predicted octanol–water partition coefficient (Wildman–Crippen LogP) is 2.06. The van der Waals surface area contributed by atoms with E-state index in [0.29, 0.717) is 13.2 Å². The minimum atomic E-state index is -0.463. The quantitative estimate of drug-likeness (QED) is 0.744. The van der Waals surface area contributed by atoms with Gasteiger partial charge in [-0.05, 0) is 36.2 Å². The second kappa shape index (κ2) is 9.83. The zero-order valence-electron chi connectivity index (χ0n) is 16.0. The van der Waals surface area contributed by atoms with E-state index in [-0.39, 0.29) is 11.9 Å². The number of halogens is 1. The molecule has 4 nitrogen and oxygen atoms in total. The van der Waals surface area contributed by atoms with Crippen LogP contribution in [0.5, 0.6) is 0 Å². The number of piperazine rings is 1. The summed E-state index contributed by atoms with van der Waals surface area (Å²) < 4.78 is 19.0. The van der Waals surface area contributed by atoms with Crippen molar-refractivity contribution in [3.8, 4) is 0 Å². The van der Waals surface area contributed by atoms with E-state index in [1.165, 1.54) is 17.0 Å². The van der Waals surface area contributed by atoms with Crippen LogP contribution < -0.4 is 9.80 Å². The minimum absolute atomic E-state index is 0.0335. The summed E-state index contributed by atoms with van der Waals surface area (Å²) in [6.07, 6.45) is 0.459. The summed E-state index contributed by atoms with van der Waals surface area (Å²) in [6, 6.07) is 16.8. The molecular formula is C22H30FN2O2+. The maximum atomic E-state index is 13.1. The highest BCUT2D eigenvalue weighted by Crippen LogP contribution is 2.20. The Balaban J connectivity index is 1.41. The SMILES string of the molecule is CC[C@H](OC[C@@H](O)C[NH+]1CCN(c2ccc(F)cc2)CC1)c1ccccc1. The Bertz CT molecular complexity index is 672. The number of ether oxygens (including phenoxy) is 1. The number of aliphatic hydroxyl groups excluding tert-OH is 1.